The van der Waals surface area contributed by atoms with Crippen LogP contribution in [0, 0.1) is 0 Å². The molecule has 2 rings (SSSR count). The number of aromatic nitrogens is 2. The normalized spacial score (nSPS) is 12.6. The maximum Gasteiger partial charge on any atom is 0.0909 e. The predicted octanol–water partition coefficient (Wildman–Crippen LogP) is 2.19. The summed E-state index contributed by atoms with van der Waals surface area (Å²) in [6, 6.07) is 7.50. The van der Waals surface area contributed by atoms with E-state index in [9.17, 15) is 0 Å². The van der Waals surface area contributed by atoms with Gasteiger partial charge in [-0.2, -0.15) is 5.10 Å². The van der Waals surface area contributed by atoms with E-state index in [-0.39, 0.29) is 6.04 Å². The fraction of sp³-hybridized carbons (Fsp3) is 0.308. The van der Waals surface area contributed by atoms with Crippen molar-refractivity contribution in [3.63, 3.8) is 0 Å². The van der Waals surface area contributed by atoms with Crippen molar-refractivity contribution < 1.29 is 0 Å². The second-order valence-electron chi connectivity index (χ2n) is 4.33. The number of nitrogens with two attached hydrogens (primary N) is 2. The molecular weight excluding hydrogens is 306 g/mol. The number of anilines is 1. The average Bonchev–Trinajstić information content (AvgIpc) is 2.75. The number of para-hydroxylation sites is 1. The van der Waals surface area contributed by atoms with Gasteiger partial charge < -0.3 is 5.73 Å². The Morgan fingerprint density at radius 1 is 1.42 bits per heavy atom. The molecule has 0 aliphatic carbocycles. The predicted molar refractivity (Wildman–Crippen MR) is 80.2 cm³/mol. The highest BCUT2D eigenvalue weighted by Crippen LogP contribution is 2.31. The van der Waals surface area contributed by atoms with E-state index in [4.69, 9.17) is 11.6 Å². The smallest absolute Gasteiger partial charge is 0.0909 e. The zero-order valence-electron chi connectivity index (χ0n) is 10.8. The minimum absolute atomic E-state index is 0.190. The molecule has 0 bridgehead atoms. The molecule has 1 aromatic heterocycles. The van der Waals surface area contributed by atoms with Crippen molar-refractivity contribution >= 4 is 21.6 Å². The lowest BCUT2D eigenvalue weighted by Gasteiger charge is -2.20. The van der Waals surface area contributed by atoms with Crippen LogP contribution in [0.4, 0.5) is 5.69 Å². The van der Waals surface area contributed by atoms with Crippen LogP contribution in [0.1, 0.15) is 30.6 Å². The molecule has 2 aromatic rings. The Morgan fingerprint density at radius 2 is 2.16 bits per heavy atom. The molecule has 1 heterocycles. The second-order valence-corrected chi connectivity index (χ2v) is 5.18. The monoisotopic (exact) mass is 323 g/mol. The molecule has 0 radical (unpaired) electrons. The van der Waals surface area contributed by atoms with Crippen LogP contribution in [0.15, 0.2) is 34.9 Å². The molecule has 6 heteroatoms. The minimum atomic E-state index is -0.190. The summed E-state index contributed by atoms with van der Waals surface area (Å²) in [5, 5.41) is 4.36. The van der Waals surface area contributed by atoms with Gasteiger partial charge >= 0.3 is 0 Å². The third-order valence-corrected chi connectivity index (χ3v) is 3.63. The van der Waals surface area contributed by atoms with Crippen LogP contribution in [0.3, 0.4) is 0 Å². The quantitative estimate of drug-likeness (QED) is 0.447. The van der Waals surface area contributed by atoms with Gasteiger partial charge in [0.05, 0.1) is 22.4 Å². The van der Waals surface area contributed by atoms with E-state index in [2.05, 4.69) is 33.4 Å². The fourth-order valence-corrected chi connectivity index (χ4v) is 2.66. The molecule has 19 heavy (non-hydrogen) atoms. The van der Waals surface area contributed by atoms with Crippen LogP contribution >= 0.6 is 15.9 Å². The van der Waals surface area contributed by atoms with Crippen molar-refractivity contribution in [2.75, 3.05) is 5.73 Å². The molecule has 5 nitrogen and oxygen atoms in total. The van der Waals surface area contributed by atoms with E-state index < -0.39 is 0 Å². The van der Waals surface area contributed by atoms with Gasteiger partial charge in [-0.25, -0.2) is 5.43 Å². The topological polar surface area (TPSA) is 81.9 Å². The van der Waals surface area contributed by atoms with E-state index in [1.54, 1.807) is 6.20 Å². The third kappa shape index (κ3) is 2.80. The standard InChI is InChI=1S/C13H18BrN5/c1-2-7-19-13(10(14)8-17-19)12(18-16)9-5-3-4-6-11(9)15/h3-6,8,12,18H,2,7,15-16H2,1H3. The van der Waals surface area contributed by atoms with Crippen LogP contribution in [0.5, 0.6) is 0 Å². The number of hydrogen-bond acceptors (Lipinski definition) is 4. The third-order valence-electron chi connectivity index (χ3n) is 3.02. The second kappa shape index (κ2) is 6.18. The van der Waals surface area contributed by atoms with Crippen LogP contribution < -0.4 is 17.0 Å². The van der Waals surface area contributed by atoms with Gasteiger partial charge in [0, 0.05) is 12.2 Å². The lowest BCUT2D eigenvalue weighted by molar-refractivity contribution is 0.520. The van der Waals surface area contributed by atoms with Crippen molar-refractivity contribution in [1.82, 2.24) is 15.2 Å². The highest BCUT2D eigenvalue weighted by molar-refractivity contribution is 9.10. The first-order chi connectivity index (χ1) is 9.19. The van der Waals surface area contributed by atoms with Crippen molar-refractivity contribution in [2.45, 2.75) is 25.9 Å². The Morgan fingerprint density at radius 3 is 2.79 bits per heavy atom. The summed E-state index contributed by atoms with van der Waals surface area (Å²) in [5.74, 6) is 5.73. The number of hydrazine groups is 1. The van der Waals surface area contributed by atoms with Crippen LogP contribution in [0.2, 0.25) is 0 Å². The van der Waals surface area contributed by atoms with Crippen molar-refractivity contribution in [3.8, 4) is 0 Å². The van der Waals surface area contributed by atoms with Crippen molar-refractivity contribution in [1.29, 1.82) is 0 Å². The Hall–Kier alpha value is -1.37. The molecule has 5 N–H and O–H groups in total. The molecule has 0 saturated heterocycles. The lowest BCUT2D eigenvalue weighted by atomic mass is 10.0. The van der Waals surface area contributed by atoms with Gasteiger partial charge in [-0.3, -0.25) is 10.5 Å². The molecule has 0 spiro atoms. The lowest BCUT2D eigenvalue weighted by Crippen LogP contribution is -2.31. The average molecular weight is 324 g/mol. The van der Waals surface area contributed by atoms with Gasteiger partial charge in [0.1, 0.15) is 0 Å². The van der Waals surface area contributed by atoms with Crippen molar-refractivity contribution in [2.24, 2.45) is 5.84 Å². The summed E-state index contributed by atoms with van der Waals surface area (Å²) < 4.78 is 2.87. The van der Waals surface area contributed by atoms with Gasteiger partial charge in [-0.05, 0) is 34.0 Å². The molecule has 0 amide bonds. The summed E-state index contributed by atoms with van der Waals surface area (Å²) in [5.41, 5.74) is 11.5. The van der Waals surface area contributed by atoms with Crippen LogP contribution in [-0.2, 0) is 6.54 Å². The number of nitrogens with one attached hydrogen (secondary N) is 1. The van der Waals surface area contributed by atoms with Gasteiger partial charge in [0.2, 0.25) is 0 Å². The summed E-state index contributed by atoms with van der Waals surface area (Å²) in [7, 11) is 0. The summed E-state index contributed by atoms with van der Waals surface area (Å²) in [4.78, 5) is 0. The Balaban J connectivity index is 2.48. The van der Waals surface area contributed by atoms with Gasteiger partial charge in [0.25, 0.3) is 0 Å². The molecule has 0 fully saturated rings. The van der Waals surface area contributed by atoms with Crippen LogP contribution in [0.25, 0.3) is 0 Å². The number of nitrogens with zero attached hydrogens (tertiary/aromatic N) is 2. The Bertz CT molecular complexity index is 552. The summed E-state index contributed by atoms with van der Waals surface area (Å²) >= 11 is 3.53. The molecule has 0 saturated carbocycles. The Labute approximate surface area is 121 Å². The minimum Gasteiger partial charge on any atom is -0.398 e. The fourth-order valence-electron chi connectivity index (χ4n) is 2.14. The molecule has 0 aliphatic rings. The van der Waals surface area contributed by atoms with Crippen molar-refractivity contribution in [3.05, 3.63) is 46.2 Å². The zero-order valence-corrected chi connectivity index (χ0v) is 12.4. The van der Waals surface area contributed by atoms with Gasteiger partial charge in [0.15, 0.2) is 0 Å². The SMILES string of the molecule is CCCn1ncc(Br)c1C(NN)c1ccccc1N. The largest absolute Gasteiger partial charge is 0.398 e. The number of halogens is 1. The Kier molecular flexibility index (Phi) is 4.57. The summed E-state index contributed by atoms with van der Waals surface area (Å²) in [6.07, 6.45) is 2.79. The van der Waals surface area contributed by atoms with Gasteiger partial charge in [-0.15, -0.1) is 0 Å². The number of rotatable bonds is 5. The van der Waals surface area contributed by atoms with Crippen LogP contribution in [-0.4, -0.2) is 9.78 Å². The highest BCUT2D eigenvalue weighted by Gasteiger charge is 2.22. The number of nitrogen functional groups attached to an aromatic ring is 1. The van der Waals surface area contributed by atoms with E-state index in [1.807, 2.05) is 28.9 Å². The molecule has 102 valence electrons. The molecule has 1 unspecified atom stereocenters. The zero-order chi connectivity index (χ0) is 13.8. The van der Waals surface area contributed by atoms with E-state index in [1.165, 1.54) is 0 Å². The molecule has 1 atom stereocenters. The van der Waals surface area contributed by atoms with E-state index >= 15 is 0 Å². The number of aryl methyl sites for hydroxylation is 1. The first kappa shape index (κ1) is 14.0. The molecular formula is C13H18BrN5. The summed E-state index contributed by atoms with van der Waals surface area (Å²) in [6.45, 7) is 2.95. The van der Waals surface area contributed by atoms with E-state index in [0.29, 0.717) is 5.69 Å². The first-order valence-corrected chi connectivity index (χ1v) is 7.00. The molecule has 1 aromatic carbocycles. The number of benzene rings is 1. The maximum absolute atomic E-state index is 6.04. The number of hydrogen-bond donors (Lipinski definition) is 3. The maximum atomic E-state index is 6.04. The first-order valence-electron chi connectivity index (χ1n) is 6.20. The van der Waals surface area contributed by atoms with Gasteiger partial charge in [-0.1, -0.05) is 25.1 Å². The highest BCUT2D eigenvalue weighted by atomic mass is 79.9. The molecule has 0 aliphatic heterocycles. The van der Waals surface area contributed by atoms with E-state index in [0.717, 1.165) is 28.7 Å².